The van der Waals surface area contributed by atoms with Crippen LogP contribution in [0.2, 0.25) is 0 Å². The molecule has 0 N–H and O–H groups in total. The highest BCUT2D eigenvalue weighted by atomic mass is 16.7. The summed E-state index contributed by atoms with van der Waals surface area (Å²) in [6.45, 7) is 12.3. The summed E-state index contributed by atoms with van der Waals surface area (Å²) in [5.41, 5.74) is -3.09. The van der Waals surface area contributed by atoms with Gasteiger partial charge in [-0.3, -0.25) is 19.2 Å². The van der Waals surface area contributed by atoms with E-state index in [1.807, 2.05) is 20.8 Å². The molecule has 39 heavy (non-hydrogen) atoms. The number of fused-ring (bicyclic) bond motifs is 1. The van der Waals surface area contributed by atoms with Crippen LogP contribution in [0.1, 0.15) is 74.7 Å². The predicted octanol–water partition coefficient (Wildman–Crippen LogP) is 2.57. The van der Waals surface area contributed by atoms with Gasteiger partial charge < -0.3 is 28.4 Å². The molecule has 11 heteroatoms. The molecular weight excluding hydrogens is 512 g/mol. The molecule has 2 saturated heterocycles. The summed E-state index contributed by atoms with van der Waals surface area (Å²) < 4.78 is 35.5. The van der Waals surface area contributed by atoms with Crippen molar-refractivity contribution >= 4 is 29.8 Å². The van der Waals surface area contributed by atoms with Gasteiger partial charge in [-0.05, 0) is 32.8 Å². The Kier molecular flexibility index (Phi) is 7.38. The molecule has 0 aromatic heterocycles. The molecule has 11 nitrogen and oxygen atoms in total. The van der Waals surface area contributed by atoms with Crippen molar-refractivity contribution in [3.63, 3.8) is 0 Å². The molecule has 10 atom stereocenters. The van der Waals surface area contributed by atoms with Gasteiger partial charge in [-0.1, -0.05) is 19.4 Å². The van der Waals surface area contributed by atoms with Gasteiger partial charge in [0.25, 0.3) is 0 Å². The van der Waals surface area contributed by atoms with Crippen LogP contribution in [0.4, 0.5) is 0 Å². The largest absolute Gasteiger partial charge is 0.462 e. The maximum Gasteiger partial charge on any atom is 0.342 e. The van der Waals surface area contributed by atoms with E-state index in [-0.39, 0.29) is 6.42 Å². The van der Waals surface area contributed by atoms with Crippen molar-refractivity contribution in [2.45, 2.75) is 116 Å². The van der Waals surface area contributed by atoms with Crippen LogP contribution in [0.5, 0.6) is 0 Å². The van der Waals surface area contributed by atoms with Gasteiger partial charge in [0.05, 0.1) is 0 Å². The van der Waals surface area contributed by atoms with Gasteiger partial charge in [0.15, 0.2) is 17.3 Å². The monoisotopic (exact) mass is 550 g/mol. The molecule has 0 aromatic rings. The van der Waals surface area contributed by atoms with Gasteiger partial charge in [0.1, 0.15) is 24.4 Å². The van der Waals surface area contributed by atoms with Gasteiger partial charge in [-0.25, -0.2) is 4.79 Å². The van der Waals surface area contributed by atoms with Gasteiger partial charge in [-0.15, -0.1) is 0 Å². The molecule has 2 aliphatic carbocycles. The van der Waals surface area contributed by atoms with Crippen molar-refractivity contribution in [2.75, 3.05) is 0 Å². The first-order valence-corrected chi connectivity index (χ1v) is 13.3. The van der Waals surface area contributed by atoms with Gasteiger partial charge in [-0.2, -0.15) is 0 Å². The Bertz CT molecular complexity index is 1110. The average molecular weight is 551 g/mol. The van der Waals surface area contributed by atoms with Crippen molar-refractivity contribution in [3.8, 4) is 0 Å². The van der Waals surface area contributed by atoms with Gasteiger partial charge in [0.2, 0.25) is 0 Å². The summed E-state index contributed by atoms with van der Waals surface area (Å²) in [7, 11) is 0. The van der Waals surface area contributed by atoms with Gasteiger partial charge in [0, 0.05) is 51.4 Å². The Morgan fingerprint density at radius 2 is 1.46 bits per heavy atom. The van der Waals surface area contributed by atoms with Crippen molar-refractivity contribution in [1.29, 1.82) is 0 Å². The summed E-state index contributed by atoms with van der Waals surface area (Å²) in [5.74, 6) is -4.10. The molecule has 0 unspecified atom stereocenters. The van der Waals surface area contributed by atoms with E-state index in [1.54, 1.807) is 13.0 Å². The number of carbonyl (C=O) groups is 5. The third-order valence-electron chi connectivity index (χ3n) is 9.04. The number of esters is 5. The number of carbonyl (C=O) groups excluding carboxylic acids is 5. The number of rotatable bonds is 4. The molecule has 4 aliphatic rings. The molecule has 4 rings (SSSR count). The standard InChI is InChI=1S/C28H38O11/c1-13-9-10-20(35-16(4)30)26(7)21(36-17(5)31)12-19(34-15(3)29)14(2)23(26)24(37-18(6)32)28-22(11-13)38-25(33)27(28,8)39-28/h11,14,19-24H,9-10,12H2,1-8H3/b13-11-/t14-,19-,20+,21-,22-,23+,24+,26-,27-,28-/m0/s1. The number of ether oxygens (including phenoxy) is 6. The first kappa shape index (κ1) is 29.0. The SMILES string of the molecule is CC(=O)O[C@H]1C[C@H](OC(C)=O)[C@@]2(C)[C@H]([C@H]1C)[C@@H](OC(C)=O)[C@]13O[C@@]1(C)C(=O)O[C@H]3/C=C(/C)CC[C@H]2OC(C)=O. The van der Waals surface area contributed by atoms with Crippen molar-refractivity contribution < 1.29 is 52.4 Å². The molecule has 2 heterocycles. The second-order valence-electron chi connectivity index (χ2n) is 11.7. The molecule has 3 fully saturated rings. The topological polar surface area (TPSA) is 144 Å². The lowest BCUT2D eigenvalue weighted by molar-refractivity contribution is -0.235. The summed E-state index contributed by atoms with van der Waals surface area (Å²) in [6.07, 6.45) is -1.64. The average Bonchev–Trinajstić information content (AvgIpc) is 3.39. The second-order valence-corrected chi connectivity index (χ2v) is 11.7. The molecule has 1 saturated carbocycles. The van der Waals surface area contributed by atoms with E-state index >= 15 is 0 Å². The van der Waals surface area contributed by atoms with E-state index in [1.165, 1.54) is 27.7 Å². The zero-order valence-electron chi connectivity index (χ0n) is 23.7. The lowest BCUT2D eigenvalue weighted by atomic mass is 9.53. The molecular formula is C28H38O11. The third kappa shape index (κ3) is 4.62. The van der Waals surface area contributed by atoms with Crippen LogP contribution in [-0.2, 0) is 52.4 Å². The van der Waals surface area contributed by atoms with E-state index < -0.39 is 88.8 Å². The lowest BCUT2D eigenvalue weighted by Gasteiger charge is -2.57. The van der Waals surface area contributed by atoms with E-state index in [4.69, 9.17) is 28.4 Å². The highest BCUT2D eigenvalue weighted by Gasteiger charge is 2.87. The Morgan fingerprint density at radius 1 is 0.897 bits per heavy atom. The summed E-state index contributed by atoms with van der Waals surface area (Å²) >= 11 is 0. The number of hydrogen-bond donors (Lipinski definition) is 0. The summed E-state index contributed by atoms with van der Waals surface area (Å²) in [6, 6.07) is 0. The molecule has 0 amide bonds. The van der Waals surface area contributed by atoms with Crippen LogP contribution in [-0.4, -0.2) is 71.6 Å². The fourth-order valence-electron chi connectivity index (χ4n) is 7.27. The molecule has 216 valence electrons. The minimum Gasteiger partial charge on any atom is -0.462 e. The van der Waals surface area contributed by atoms with Crippen LogP contribution >= 0.6 is 0 Å². The fourth-order valence-corrected chi connectivity index (χ4v) is 7.27. The maximum atomic E-state index is 13.1. The van der Waals surface area contributed by atoms with Crippen molar-refractivity contribution in [1.82, 2.24) is 0 Å². The predicted molar refractivity (Wildman–Crippen MR) is 133 cm³/mol. The Hall–Kier alpha value is -2.95. The first-order valence-electron chi connectivity index (χ1n) is 13.3. The summed E-state index contributed by atoms with van der Waals surface area (Å²) in [4.78, 5) is 62.6. The molecule has 1 spiro atoms. The number of allylic oxidation sites excluding steroid dienone is 1. The quantitative estimate of drug-likeness (QED) is 0.220. The molecule has 0 bridgehead atoms. The smallest absolute Gasteiger partial charge is 0.342 e. The van der Waals surface area contributed by atoms with Gasteiger partial charge >= 0.3 is 29.8 Å². The molecule has 2 aliphatic heterocycles. The lowest BCUT2D eigenvalue weighted by Crippen LogP contribution is -2.66. The maximum absolute atomic E-state index is 13.1. The Balaban J connectivity index is 2.01. The van der Waals surface area contributed by atoms with Crippen molar-refractivity contribution in [3.05, 3.63) is 11.6 Å². The normalized spacial score (nSPS) is 44.2. The van der Waals surface area contributed by atoms with Crippen LogP contribution in [0, 0.1) is 17.3 Å². The summed E-state index contributed by atoms with van der Waals surface area (Å²) in [5, 5.41) is 0. The molecule has 0 radical (unpaired) electrons. The fraction of sp³-hybridized carbons (Fsp3) is 0.750. The zero-order valence-corrected chi connectivity index (χ0v) is 23.7. The van der Waals surface area contributed by atoms with Crippen molar-refractivity contribution in [2.24, 2.45) is 17.3 Å². The Morgan fingerprint density at radius 3 is 2.00 bits per heavy atom. The van der Waals surface area contributed by atoms with Crippen LogP contribution in [0.25, 0.3) is 0 Å². The molecule has 0 aromatic carbocycles. The number of hydrogen-bond acceptors (Lipinski definition) is 11. The van der Waals surface area contributed by atoms with E-state index in [9.17, 15) is 24.0 Å². The van der Waals surface area contributed by atoms with E-state index in [2.05, 4.69) is 0 Å². The highest BCUT2D eigenvalue weighted by Crippen LogP contribution is 2.66. The third-order valence-corrected chi connectivity index (χ3v) is 9.04. The Labute approximate surface area is 227 Å². The van der Waals surface area contributed by atoms with E-state index in [0.29, 0.717) is 12.8 Å². The van der Waals surface area contributed by atoms with E-state index in [0.717, 1.165) is 5.57 Å². The van der Waals surface area contributed by atoms with Crippen LogP contribution < -0.4 is 0 Å². The first-order chi connectivity index (χ1) is 18.1. The van der Waals surface area contributed by atoms with Crippen LogP contribution in [0.15, 0.2) is 11.6 Å². The number of epoxide rings is 1. The highest BCUT2D eigenvalue weighted by molar-refractivity contribution is 5.89. The second kappa shape index (κ2) is 9.91. The minimum atomic E-state index is -1.41. The minimum absolute atomic E-state index is 0.136. The van der Waals surface area contributed by atoms with Crippen LogP contribution in [0.3, 0.4) is 0 Å². The zero-order chi connectivity index (χ0) is 29.1.